The molecule has 2 aromatic carbocycles. The number of rotatable bonds is 7. The molecule has 1 aliphatic rings. The van der Waals surface area contributed by atoms with E-state index < -0.39 is 0 Å². The Morgan fingerprint density at radius 3 is 2.37 bits per heavy atom. The van der Waals surface area contributed by atoms with Crippen molar-refractivity contribution in [2.24, 2.45) is 5.92 Å². The fraction of sp³-hybridized carbons (Fsp3) is 0.391. The number of benzene rings is 2. The van der Waals surface area contributed by atoms with E-state index in [2.05, 4.69) is 31.3 Å². The van der Waals surface area contributed by atoms with Gasteiger partial charge in [0.2, 0.25) is 5.91 Å². The van der Waals surface area contributed by atoms with Crippen molar-refractivity contribution < 1.29 is 9.59 Å². The zero-order chi connectivity index (χ0) is 19.2. The van der Waals surface area contributed by atoms with E-state index in [4.69, 9.17) is 0 Å². The van der Waals surface area contributed by atoms with Gasteiger partial charge in [-0.1, -0.05) is 56.3 Å². The van der Waals surface area contributed by atoms with Crippen LogP contribution in [0.5, 0.6) is 0 Å². The molecule has 0 aliphatic carbocycles. The predicted molar refractivity (Wildman–Crippen MR) is 107 cm³/mol. The summed E-state index contributed by atoms with van der Waals surface area (Å²) in [6.45, 7) is 5.78. The lowest BCUT2D eigenvalue weighted by Crippen LogP contribution is -2.29. The summed E-state index contributed by atoms with van der Waals surface area (Å²) in [4.78, 5) is 26.4. The Balaban J connectivity index is 1.66. The first kappa shape index (κ1) is 19.2. The Morgan fingerprint density at radius 1 is 1.07 bits per heavy atom. The molecular formula is C23H28N2O2. The molecule has 0 unspecified atom stereocenters. The van der Waals surface area contributed by atoms with Crippen molar-refractivity contribution in [3.05, 3.63) is 71.3 Å². The van der Waals surface area contributed by atoms with E-state index in [1.54, 1.807) is 0 Å². The Labute approximate surface area is 161 Å². The first-order valence-corrected chi connectivity index (χ1v) is 9.75. The van der Waals surface area contributed by atoms with Crippen LogP contribution < -0.4 is 5.32 Å². The monoisotopic (exact) mass is 364 g/mol. The fourth-order valence-corrected chi connectivity index (χ4v) is 3.53. The second-order valence-corrected chi connectivity index (χ2v) is 7.68. The molecule has 1 N–H and O–H groups in total. The summed E-state index contributed by atoms with van der Waals surface area (Å²) in [5, 5.41) is 3.18. The third-order valence-corrected chi connectivity index (χ3v) is 4.98. The highest BCUT2D eigenvalue weighted by Crippen LogP contribution is 2.22. The SMILES string of the molecule is CC(C)C[C@H](NC(=O)c1ccc(CN2CCCC2=O)cc1)c1ccccc1. The molecule has 2 amide bonds. The lowest BCUT2D eigenvalue weighted by Gasteiger charge is -2.21. The van der Waals surface area contributed by atoms with Crippen molar-refractivity contribution in [3.63, 3.8) is 0 Å². The number of carbonyl (C=O) groups is 2. The quantitative estimate of drug-likeness (QED) is 0.795. The third kappa shape index (κ3) is 5.19. The molecule has 3 rings (SSSR count). The van der Waals surface area contributed by atoms with Gasteiger partial charge in [-0.15, -0.1) is 0 Å². The zero-order valence-corrected chi connectivity index (χ0v) is 16.2. The molecule has 1 atom stereocenters. The predicted octanol–water partition coefficient (Wildman–Crippen LogP) is 4.33. The Kier molecular flexibility index (Phi) is 6.28. The third-order valence-electron chi connectivity index (χ3n) is 4.98. The van der Waals surface area contributed by atoms with Crippen LogP contribution >= 0.6 is 0 Å². The van der Waals surface area contributed by atoms with Gasteiger partial charge in [-0.3, -0.25) is 9.59 Å². The van der Waals surface area contributed by atoms with Gasteiger partial charge in [-0.05, 0) is 42.0 Å². The highest BCUT2D eigenvalue weighted by molar-refractivity contribution is 5.94. The van der Waals surface area contributed by atoms with Crippen LogP contribution in [0.25, 0.3) is 0 Å². The molecule has 4 nitrogen and oxygen atoms in total. The zero-order valence-electron chi connectivity index (χ0n) is 16.2. The second-order valence-electron chi connectivity index (χ2n) is 7.68. The summed E-state index contributed by atoms with van der Waals surface area (Å²) in [7, 11) is 0. The van der Waals surface area contributed by atoms with Crippen LogP contribution in [0.15, 0.2) is 54.6 Å². The van der Waals surface area contributed by atoms with Crippen LogP contribution in [0.2, 0.25) is 0 Å². The van der Waals surface area contributed by atoms with Crippen molar-refractivity contribution in [1.29, 1.82) is 0 Å². The Hall–Kier alpha value is -2.62. The van der Waals surface area contributed by atoms with Gasteiger partial charge >= 0.3 is 0 Å². The van der Waals surface area contributed by atoms with E-state index in [-0.39, 0.29) is 17.9 Å². The van der Waals surface area contributed by atoms with E-state index in [9.17, 15) is 9.59 Å². The first-order valence-electron chi connectivity index (χ1n) is 9.75. The number of carbonyl (C=O) groups excluding carboxylic acids is 2. The van der Waals surface area contributed by atoms with Crippen LogP contribution in [-0.2, 0) is 11.3 Å². The molecular weight excluding hydrogens is 336 g/mol. The van der Waals surface area contributed by atoms with E-state index >= 15 is 0 Å². The number of hydrogen-bond donors (Lipinski definition) is 1. The van der Waals surface area contributed by atoms with E-state index in [1.807, 2.05) is 47.4 Å². The van der Waals surface area contributed by atoms with Gasteiger partial charge in [0.1, 0.15) is 0 Å². The van der Waals surface area contributed by atoms with Crippen molar-refractivity contribution in [2.45, 2.75) is 45.7 Å². The lowest BCUT2D eigenvalue weighted by molar-refractivity contribution is -0.128. The van der Waals surface area contributed by atoms with Crippen molar-refractivity contribution in [3.8, 4) is 0 Å². The highest BCUT2D eigenvalue weighted by atomic mass is 16.2. The molecule has 1 aliphatic heterocycles. The molecule has 1 saturated heterocycles. The van der Waals surface area contributed by atoms with Crippen molar-refractivity contribution in [2.75, 3.05) is 6.54 Å². The minimum atomic E-state index is -0.0618. The summed E-state index contributed by atoms with van der Waals surface area (Å²) in [5.41, 5.74) is 2.84. The van der Waals surface area contributed by atoms with Crippen molar-refractivity contribution >= 4 is 11.8 Å². The molecule has 0 aromatic heterocycles. The molecule has 4 heteroatoms. The minimum absolute atomic E-state index is 0.000554. The molecule has 0 radical (unpaired) electrons. The standard InChI is InChI=1S/C23H28N2O2/c1-17(2)15-21(19-7-4-3-5-8-19)24-23(27)20-12-10-18(11-13-20)16-25-14-6-9-22(25)26/h3-5,7-8,10-13,17,21H,6,9,14-16H2,1-2H3,(H,24,27)/t21-/m0/s1. The smallest absolute Gasteiger partial charge is 0.251 e. The average Bonchev–Trinajstić information content (AvgIpc) is 3.07. The van der Waals surface area contributed by atoms with Crippen LogP contribution in [-0.4, -0.2) is 23.3 Å². The average molecular weight is 364 g/mol. The van der Waals surface area contributed by atoms with E-state index in [0.29, 0.717) is 24.4 Å². The fourth-order valence-electron chi connectivity index (χ4n) is 3.53. The van der Waals surface area contributed by atoms with Gasteiger partial charge in [-0.2, -0.15) is 0 Å². The van der Waals surface area contributed by atoms with Gasteiger partial charge in [0.15, 0.2) is 0 Å². The lowest BCUT2D eigenvalue weighted by atomic mass is 9.96. The maximum Gasteiger partial charge on any atom is 0.251 e. The number of likely N-dealkylation sites (tertiary alicyclic amines) is 1. The van der Waals surface area contributed by atoms with Crippen LogP contribution in [0, 0.1) is 5.92 Å². The molecule has 0 spiro atoms. The van der Waals surface area contributed by atoms with Crippen LogP contribution in [0.3, 0.4) is 0 Å². The van der Waals surface area contributed by atoms with E-state index in [1.165, 1.54) is 0 Å². The molecule has 1 heterocycles. The molecule has 142 valence electrons. The maximum atomic E-state index is 12.7. The summed E-state index contributed by atoms with van der Waals surface area (Å²) < 4.78 is 0. The molecule has 1 fully saturated rings. The van der Waals surface area contributed by atoms with Gasteiger partial charge in [0, 0.05) is 25.1 Å². The van der Waals surface area contributed by atoms with Crippen molar-refractivity contribution in [1.82, 2.24) is 10.2 Å². The van der Waals surface area contributed by atoms with Gasteiger partial charge in [0.25, 0.3) is 5.91 Å². The number of hydrogen-bond acceptors (Lipinski definition) is 2. The Morgan fingerprint density at radius 2 is 1.78 bits per heavy atom. The summed E-state index contributed by atoms with van der Waals surface area (Å²) in [6.07, 6.45) is 2.48. The van der Waals surface area contributed by atoms with Gasteiger partial charge in [-0.25, -0.2) is 0 Å². The number of nitrogens with one attached hydrogen (secondary N) is 1. The Bertz CT molecular complexity index is 769. The first-order chi connectivity index (χ1) is 13.0. The number of nitrogens with zero attached hydrogens (tertiary/aromatic N) is 1. The summed E-state index contributed by atoms with van der Waals surface area (Å²) >= 11 is 0. The molecule has 2 aromatic rings. The van der Waals surface area contributed by atoms with E-state index in [0.717, 1.165) is 30.5 Å². The molecule has 0 saturated carbocycles. The van der Waals surface area contributed by atoms with Gasteiger partial charge in [0.05, 0.1) is 6.04 Å². The minimum Gasteiger partial charge on any atom is -0.345 e. The van der Waals surface area contributed by atoms with Crippen LogP contribution in [0.1, 0.15) is 60.6 Å². The molecule has 27 heavy (non-hydrogen) atoms. The molecule has 0 bridgehead atoms. The normalized spacial score (nSPS) is 15.2. The highest BCUT2D eigenvalue weighted by Gasteiger charge is 2.20. The summed E-state index contributed by atoms with van der Waals surface area (Å²) in [5.74, 6) is 0.639. The maximum absolute atomic E-state index is 12.7. The summed E-state index contributed by atoms with van der Waals surface area (Å²) in [6, 6.07) is 17.7. The largest absolute Gasteiger partial charge is 0.345 e. The van der Waals surface area contributed by atoms with Gasteiger partial charge < -0.3 is 10.2 Å². The van der Waals surface area contributed by atoms with Crippen LogP contribution in [0.4, 0.5) is 0 Å². The topological polar surface area (TPSA) is 49.4 Å². The second kappa shape index (κ2) is 8.85. The number of amides is 2.